The van der Waals surface area contributed by atoms with Crippen molar-refractivity contribution in [3.05, 3.63) is 0 Å². The van der Waals surface area contributed by atoms with Crippen LogP contribution >= 0.6 is 0 Å². The van der Waals surface area contributed by atoms with E-state index in [1.165, 1.54) is 32.1 Å². The average Bonchev–Trinajstić information content (AvgIpc) is 2.68. The summed E-state index contributed by atoms with van der Waals surface area (Å²) in [5, 5.41) is 9.05. The van der Waals surface area contributed by atoms with Gasteiger partial charge in [0, 0.05) is 0 Å². The number of hydrogen-bond acceptors (Lipinski definition) is 1. The maximum absolute atomic E-state index is 11.0. The molecule has 2 heteroatoms. The molecule has 0 aromatic carbocycles. The first-order valence-electron chi connectivity index (χ1n) is 5.67. The van der Waals surface area contributed by atoms with Crippen molar-refractivity contribution in [2.75, 3.05) is 0 Å². The van der Waals surface area contributed by atoms with Gasteiger partial charge in [0.1, 0.15) is 0 Å². The number of rotatable bonds is 3. The normalized spacial score (nSPS) is 29.4. The van der Waals surface area contributed by atoms with Crippen LogP contribution in [-0.2, 0) is 4.79 Å². The van der Waals surface area contributed by atoms with Crippen molar-refractivity contribution < 1.29 is 9.90 Å². The first kappa shape index (κ1) is 10.0. The molecule has 0 aliphatic heterocycles. The van der Waals surface area contributed by atoms with Crippen LogP contribution in [0.15, 0.2) is 0 Å². The van der Waals surface area contributed by atoms with Gasteiger partial charge in [0.2, 0.25) is 0 Å². The van der Waals surface area contributed by atoms with E-state index in [1.54, 1.807) is 0 Å². The molecule has 0 heterocycles. The highest BCUT2D eigenvalue weighted by atomic mass is 16.4. The molecule has 2 fully saturated rings. The van der Waals surface area contributed by atoms with Crippen molar-refractivity contribution >= 4 is 5.97 Å². The van der Waals surface area contributed by atoms with E-state index in [-0.39, 0.29) is 0 Å². The van der Waals surface area contributed by atoms with E-state index in [0.29, 0.717) is 11.3 Å². The summed E-state index contributed by atoms with van der Waals surface area (Å²) in [6, 6.07) is 0. The van der Waals surface area contributed by atoms with Crippen LogP contribution in [-0.4, -0.2) is 11.1 Å². The SMILES string of the molecule is CC(C)(CC1CCC2(CC2)C1)C(=O)O. The van der Waals surface area contributed by atoms with Gasteiger partial charge in [0.25, 0.3) is 0 Å². The quantitative estimate of drug-likeness (QED) is 0.753. The molecule has 0 saturated heterocycles. The molecule has 0 aromatic rings. The molecule has 2 aliphatic rings. The summed E-state index contributed by atoms with van der Waals surface area (Å²) in [5.74, 6) is 0.0258. The summed E-state index contributed by atoms with van der Waals surface area (Å²) >= 11 is 0. The fourth-order valence-electron chi connectivity index (χ4n) is 2.94. The van der Waals surface area contributed by atoms with Gasteiger partial charge in [0.15, 0.2) is 0 Å². The topological polar surface area (TPSA) is 37.3 Å². The van der Waals surface area contributed by atoms with Crippen LogP contribution < -0.4 is 0 Å². The Kier molecular flexibility index (Phi) is 2.13. The highest BCUT2D eigenvalue weighted by molar-refractivity contribution is 5.73. The van der Waals surface area contributed by atoms with Gasteiger partial charge in [-0.1, -0.05) is 0 Å². The number of carbonyl (C=O) groups is 1. The van der Waals surface area contributed by atoms with Gasteiger partial charge in [-0.05, 0) is 63.7 Å². The minimum Gasteiger partial charge on any atom is -0.481 e. The summed E-state index contributed by atoms with van der Waals surface area (Å²) in [7, 11) is 0. The number of carboxylic acid groups (broad SMARTS) is 1. The molecule has 1 unspecified atom stereocenters. The first-order valence-corrected chi connectivity index (χ1v) is 5.67. The highest BCUT2D eigenvalue weighted by Gasteiger charge is 2.49. The molecule has 2 nitrogen and oxygen atoms in total. The monoisotopic (exact) mass is 196 g/mol. The summed E-state index contributed by atoms with van der Waals surface area (Å²) in [6.45, 7) is 3.71. The molecular weight excluding hydrogens is 176 g/mol. The Morgan fingerprint density at radius 2 is 2.07 bits per heavy atom. The largest absolute Gasteiger partial charge is 0.481 e. The molecule has 2 saturated carbocycles. The Morgan fingerprint density at radius 1 is 1.43 bits per heavy atom. The van der Waals surface area contributed by atoms with Crippen LogP contribution in [0.25, 0.3) is 0 Å². The smallest absolute Gasteiger partial charge is 0.309 e. The maximum atomic E-state index is 11.0. The van der Waals surface area contributed by atoms with E-state index >= 15 is 0 Å². The van der Waals surface area contributed by atoms with Crippen molar-refractivity contribution in [3.63, 3.8) is 0 Å². The summed E-state index contributed by atoms with van der Waals surface area (Å²) in [4.78, 5) is 11.0. The minimum atomic E-state index is -0.644. The van der Waals surface area contributed by atoms with Gasteiger partial charge < -0.3 is 5.11 Å². The Hall–Kier alpha value is -0.530. The van der Waals surface area contributed by atoms with Gasteiger partial charge in [-0.3, -0.25) is 4.79 Å². The second kappa shape index (κ2) is 2.98. The molecule has 1 spiro atoms. The standard InChI is InChI=1S/C12H20O2/c1-11(2,10(13)14)7-9-3-4-12(8-9)5-6-12/h9H,3-8H2,1-2H3,(H,13,14). The zero-order valence-electron chi connectivity index (χ0n) is 9.18. The lowest BCUT2D eigenvalue weighted by Gasteiger charge is -2.23. The van der Waals surface area contributed by atoms with Gasteiger partial charge in [0.05, 0.1) is 5.41 Å². The summed E-state index contributed by atoms with van der Waals surface area (Å²) in [6.07, 6.45) is 7.58. The van der Waals surface area contributed by atoms with Crippen molar-refractivity contribution in [1.82, 2.24) is 0 Å². The van der Waals surface area contributed by atoms with Crippen LogP contribution in [0.2, 0.25) is 0 Å². The minimum absolute atomic E-state index is 0.523. The number of carboxylic acids is 1. The fourth-order valence-corrected chi connectivity index (χ4v) is 2.94. The molecular formula is C12H20O2. The Balaban J connectivity index is 1.89. The van der Waals surface area contributed by atoms with Crippen LogP contribution in [0.3, 0.4) is 0 Å². The number of aliphatic carboxylic acids is 1. The third kappa shape index (κ3) is 1.79. The van der Waals surface area contributed by atoms with Crippen LogP contribution in [0.5, 0.6) is 0 Å². The van der Waals surface area contributed by atoms with Crippen molar-refractivity contribution in [2.24, 2.45) is 16.7 Å². The van der Waals surface area contributed by atoms with Gasteiger partial charge in [-0.25, -0.2) is 0 Å². The first-order chi connectivity index (χ1) is 6.44. The molecule has 0 amide bonds. The molecule has 1 N–H and O–H groups in total. The second-order valence-corrected chi connectivity index (χ2v) is 6.00. The third-order valence-corrected chi connectivity index (χ3v) is 4.14. The summed E-state index contributed by atoms with van der Waals surface area (Å²) in [5.41, 5.74) is 0.157. The van der Waals surface area contributed by atoms with Gasteiger partial charge in [-0.2, -0.15) is 0 Å². The predicted molar refractivity (Wildman–Crippen MR) is 55.0 cm³/mol. The molecule has 1 atom stereocenters. The fraction of sp³-hybridized carbons (Fsp3) is 0.917. The Labute approximate surface area is 85.7 Å². The molecule has 0 radical (unpaired) electrons. The number of hydrogen-bond donors (Lipinski definition) is 1. The van der Waals surface area contributed by atoms with Crippen molar-refractivity contribution in [2.45, 2.75) is 52.4 Å². The van der Waals surface area contributed by atoms with E-state index in [1.807, 2.05) is 13.8 Å². The van der Waals surface area contributed by atoms with Crippen LogP contribution in [0.1, 0.15) is 52.4 Å². The molecule has 80 valence electrons. The van der Waals surface area contributed by atoms with E-state index in [0.717, 1.165) is 6.42 Å². The Bertz CT molecular complexity index is 251. The lowest BCUT2D eigenvalue weighted by molar-refractivity contribution is -0.147. The highest BCUT2D eigenvalue weighted by Crippen LogP contribution is 2.60. The summed E-state index contributed by atoms with van der Waals surface area (Å²) < 4.78 is 0. The van der Waals surface area contributed by atoms with E-state index < -0.39 is 11.4 Å². The third-order valence-electron chi connectivity index (χ3n) is 4.14. The molecule has 0 bridgehead atoms. The van der Waals surface area contributed by atoms with E-state index in [2.05, 4.69) is 0 Å². The Morgan fingerprint density at radius 3 is 2.50 bits per heavy atom. The zero-order chi connectivity index (χ0) is 10.4. The van der Waals surface area contributed by atoms with Gasteiger partial charge in [-0.15, -0.1) is 0 Å². The van der Waals surface area contributed by atoms with Crippen LogP contribution in [0.4, 0.5) is 0 Å². The lowest BCUT2D eigenvalue weighted by Crippen LogP contribution is -2.26. The molecule has 14 heavy (non-hydrogen) atoms. The van der Waals surface area contributed by atoms with E-state index in [4.69, 9.17) is 5.11 Å². The predicted octanol–water partition coefficient (Wildman–Crippen LogP) is 3.07. The average molecular weight is 196 g/mol. The second-order valence-electron chi connectivity index (χ2n) is 6.00. The van der Waals surface area contributed by atoms with E-state index in [9.17, 15) is 4.79 Å². The maximum Gasteiger partial charge on any atom is 0.309 e. The van der Waals surface area contributed by atoms with Crippen molar-refractivity contribution in [3.8, 4) is 0 Å². The van der Waals surface area contributed by atoms with Crippen LogP contribution in [0, 0.1) is 16.7 Å². The molecule has 2 rings (SSSR count). The van der Waals surface area contributed by atoms with Crippen molar-refractivity contribution in [1.29, 1.82) is 0 Å². The van der Waals surface area contributed by atoms with Gasteiger partial charge >= 0.3 is 5.97 Å². The zero-order valence-corrected chi connectivity index (χ0v) is 9.18. The lowest BCUT2D eigenvalue weighted by atomic mass is 9.81. The molecule has 2 aliphatic carbocycles. The molecule has 0 aromatic heterocycles.